The summed E-state index contributed by atoms with van der Waals surface area (Å²) in [7, 11) is 0. The first-order valence-electron chi connectivity index (χ1n) is 3.19. The van der Waals surface area contributed by atoms with Gasteiger partial charge < -0.3 is 5.11 Å². The highest BCUT2D eigenvalue weighted by molar-refractivity contribution is 4.92. The molecule has 0 aromatic carbocycles. The van der Waals surface area contributed by atoms with Crippen LogP contribution in [0, 0.1) is 5.92 Å². The molecule has 0 rings (SSSR count). The zero-order valence-corrected chi connectivity index (χ0v) is 5.88. The predicted molar refractivity (Wildman–Crippen MR) is 40.2 cm³/mol. The monoisotopic (exact) mass is 126 g/mol. The molecule has 1 nitrogen and oxygen atoms in total. The van der Waals surface area contributed by atoms with E-state index >= 15 is 0 Å². The second-order valence-corrected chi connectivity index (χ2v) is 2.03. The minimum Gasteiger partial charge on any atom is -0.388 e. The number of aliphatic hydroxyl groups is 1. The fraction of sp³-hybridized carbons (Fsp3) is 0.500. The molecular formula is C8H14O. The van der Waals surface area contributed by atoms with Crippen LogP contribution in [-0.2, 0) is 0 Å². The van der Waals surface area contributed by atoms with Crippen molar-refractivity contribution in [3.8, 4) is 0 Å². The van der Waals surface area contributed by atoms with Gasteiger partial charge >= 0.3 is 0 Å². The van der Waals surface area contributed by atoms with E-state index in [1.807, 2.05) is 6.92 Å². The molecular weight excluding hydrogens is 112 g/mol. The van der Waals surface area contributed by atoms with Crippen molar-refractivity contribution in [2.45, 2.75) is 19.4 Å². The van der Waals surface area contributed by atoms with Crippen molar-refractivity contribution in [1.82, 2.24) is 0 Å². The standard InChI is InChI=1S/C8H14O/c1-4-7(5-2)8(9)6-3/h4,6-9H,1,3,5H2,2H3. The molecule has 0 bridgehead atoms. The van der Waals surface area contributed by atoms with E-state index in [9.17, 15) is 0 Å². The van der Waals surface area contributed by atoms with E-state index in [4.69, 9.17) is 5.11 Å². The van der Waals surface area contributed by atoms with E-state index < -0.39 is 6.10 Å². The number of aliphatic hydroxyl groups excluding tert-OH is 1. The maximum atomic E-state index is 9.13. The lowest BCUT2D eigenvalue weighted by molar-refractivity contribution is 0.175. The van der Waals surface area contributed by atoms with Crippen LogP contribution in [0.4, 0.5) is 0 Å². The summed E-state index contributed by atoms with van der Waals surface area (Å²) in [6, 6.07) is 0. The zero-order chi connectivity index (χ0) is 7.28. The van der Waals surface area contributed by atoms with Gasteiger partial charge in [-0.15, -0.1) is 13.2 Å². The molecule has 0 aromatic heterocycles. The summed E-state index contributed by atoms with van der Waals surface area (Å²) in [5, 5.41) is 9.13. The number of hydrogen-bond donors (Lipinski definition) is 1. The molecule has 0 spiro atoms. The van der Waals surface area contributed by atoms with Crippen molar-refractivity contribution in [3.63, 3.8) is 0 Å². The maximum Gasteiger partial charge on any atom is 0.0780 e. The van der Waals surface area contributed by atoms with Crippen molar-refractivity contribution in [3.05, 3.63) is 25.3 Å². The Kier molecular flexibility index (Phi) is 4.06. The lowest BCUT2D eigenvalue weighted by Crippen LogP contribution is -2.13. The van der Waals surface area contributed by atoms with Crippen LogP contribution < -0.4 is 0 Å². The van der Waals surface area contributed by atoms with Gasteiger partial charge in [-0.05, 0) is 6.42 Å². The van der Waals surface area contributed by atoms with Gasteiger partial charge in [-0.3, -0.25) is 0 Å². The summed E-state index contributed by atoms with van der Waals surface area (Å²) >= 11 is 0. The average molecular weight is 126 g/mol. The summed E-state index contributed by atoms with van der Waals surface area (Å²) < 4.78 is 0. The highest BCUT2D eigenvalue weighted by Crippen LogP contribution is 2.09. The van der Waals surface area contributed by atoms with Crippen LogP contribution in [-0.4, -0.2) is 11.2 Å². The molecule has 0 aliphatic heterocycles. The fourth-order valence-electron chi connectivity index (χ4n) is 0.722. The molecule has 2 atom stereocenters. The summed E-state index contributed by atoms with van der Waals surface area (Å²) in [5.74, 6) is 0.169. The van der Waals surface area contributed by atoms with Crippen LogP contribution in [0.25, 0.3) is 0 Å². The quantitative estimate of drug-likeness (QED) is 0.569. The molecule has 0 fully saturated rings. The first-order valence-corrected chi connectivity index (χ1v) is 3.19. The molecule has 0 radical (unpaired) electrons. The van der Waals surface area contributed by atoms with E-state index in [1.165, 1.54) is 6.08 Å². The first kappa shape index (κ1) is 8.44. The van der Waals surface area contributed by atoms with E-state index in [-0.39, 0.29) is 5.92 Å². The SMILES string of the molecule is C=CC(O)C(C=C)CC. The summed E-state index contributed by atoms with van der Waals surface area (Å²) in [6.07, 6.45) is 3.78. The maximum absolute atomic E-state index is 9.13. The van der Waals surface area contributed by atoms with Crippen LogP contribution in [0.2, 0.25) is 0 Å². The van der Waals surface area contributed by atoms with Gasteiger partial charge in [0.25, 0.3) is 0 Å². The minimum atomic E-state index is -0.424. The van der Waals surface area contributed by atoms with Crippen molar-refractivity contribution < 1.29 is 5.11 Å². The van der Waals surface area contributed by atoms with E-state index in [0.29, 0.717) is 0 Å². The Hall–Kier alpha value is -0.560. The Bertz CT molecular complexity index is 96.7. The number of rotatable bonds is 4. The molecule has 1 heteroatoms. The third-order valence-electron chi connectivity index (χ3n) is 1.45. The minimum absolute atomic E-state index is 0.169. The highest BCUT2D eigenvalue weighted by Gasteiger charge is 2.08. The lowest BCUT2D eigenvalue weighted by atomic mass is 10.0. The van der Waals surface area contributed by atoms with Gasteiger partial charge in [0, 0.05) is 5.92 Å². The van der Waals surface area contributed by atoms with E-state index in [1.54, 1.807) is 6.08 Å². The molecule has 0 amide bonds. The van der Waals surface area contributed by atoms with Crippen LogP contribution in [0.15, 0.2) is 25.3 Å². The Balaban J connectivity index is 3.77. The van der Waals surface area contributed by atoms with Gasteiger partial charge in [-0.25, -0.2) is 0 Å². The Morgan fingerprint density at radius 1 is 1.44 bits per heavy atom. The van der Waals surface area contributed by atoms with Gasteiger partial charge in [0.15, 0.2) is 0 Å². The van der Waals surface area contributed by atoms with Gasteiger partial charge in [-0.1, -0.05) is 19.1 Å². The Morgan fingerprint density at radius 3 is 2.11 bits per heavy atom. The second kappa shape index (κ2) is 4.33. The molecule has 0 aliphatic rings. The molecule has 0 saturated heterocycles. The molecule has 9 heavy (non-hydrogen) atoms. The van der Waals surface area contributed by atoms with Gasteiger partial charge in [0.2, 0.25) is 0 Å². The summed E-state index contributed by atoms with van der Waals surface area (Å²) in [5.41, 5.74) is 0. The molecule has 52 valence electrons. The highest BCUT2D eigenvalue weighted by atomic mass is 16.3. The van der Waals surface area contributed by atoms with E-state index in [2.05, 4.69) is 13.2 Å². The van der Waals surface area contributed by atoms with Crippen molar-refractivity contribution in [1.29, 1.82) is 0 Å². The second-order valence-electron chi connectivity index (χ2n) is 2.03. The van der Waals surface area contributed by atoms with Crippen LogP contribution in [0.5, 0.6) is 0 Å². The zero-order valence-electron chi connectivity index (χ0n) is 5.88. The van der Waals surface area contributed by atoms with Gasteiger partial charge in [-0.2, -0.15) is 0 Å². The van der Waals surface area contributed by atoms with Crippen molar-refractivity contribution in [2.24, 2.45) is 5.92 Å². The smallest absolute Gasteiger partial charge is 0.0780 e. The third-order valence-corrected chi connectivity index (χ3v) is 1.45. The molecule has 0 aliphatic carbocycles. The number of hydrogen-bond acceptors (Lipinski definition) is 1. The van der Waals surface area contributed by atoms with Gasteiger partial charge in [0.1, 0.15) is 0 Å². The topological polar surface area (TPSA) is 20.2 Å². The molecule has 0 saturated carbocycles. The average Bonchev–Trinajstić information content (AvgIpc) is 1.90. The Morgan fingerprint density at radius 2 is 2.00 bits per heavy atom. The molecule has 2 unspecified atom stereocenters. The molecule has 1 N–H and O–H groups in total. The summed E-state index contributed by atoms with van der Waals surface area (Å²) in [6.45, 7) is 9.09. The first-order chi connectivity index (χ1) is 4.26. The van der Waals surface area contributed by atoms with Crippen LogP contribution >= 0.6 is 0 Å². The van der Waals surface area contributed by atoms with Gasteiger partial charge in [0.05, 0.1) is 6.10 Å². The normalized spacial score (nSPS) is 16.2. The fourth-order valence-corrected chi connectivity index (χ4v) is 0.722. The van der Waals surface area contributed by atoms with Crippen molar-refractivity contribution >= 4 is 0 Å². The lowest BCUT2D eigenvalue weighted by Gasteiger charge is -2.12. The van der Waals surface area contributed by atoms with Crippen molar-refractivity contribution in [2.75, 3.05) is 0 Å². The van der Waals surface area contributed by atoms with Crippen LogP contribution in [0.3, 0.4) is 0 Å². The molecule has 0 aromatic rings. The largest absolute Gasteiger partial charge is 0.388 e. The van der Waals surface area contributed by atoms with E-state index in [0.717, 1.165) is 6.42 Å². The third kappa shape index (κ3) is 2.47. The molecule has 0 heterocycles. The summed E-state index contributed by atoms with van der Waals surface area (Å²) in [4.78, 5) is 0. The van der Waals surface area contributed by atoms with Crippen LogP contribution in [0.1, 0.15) is 13.3 Å². The predicted octanol–water partition coefficient (Wildman–Crippen LogP) is 1.75. The Labute approximate surface area is 56.7 Å².